The maximum Gasteiger partial charge on any atom is 0.338 e. The van der Waals surface area contributed by atoms with E-state index in [1.54, 1.807) is 44.2 Å². The van der Waals surface area contributed by atoms with Crippen LogP contribution in [0.4, 0.5) is 0 Å². The maximum atomic E-state index is 13.3. The molecule has 0 saturated carbocycles. The van der Waals surface area contributed by atoms with Gasteiger partial charge in [-0.2, -0.15) is 5.26 Å². The molecule has 2 aromatic carbocycles. The van der Waals surface area contributed by atoms with Crippen LogP contribution in [0.15, 0.2) is 58.9 Å². The molecule has 0 amide bonds. The molecule has 0 radical (unpaired) electrons. The molecule has 0 aliphatic carbocycles. The van der Waals surface area contributed by atoms with E-state index in [-0.39, 0.29) is 33.1 Å². The van der Waals surface area contributed by atoms with Crippen LogP contribution < -0.4 is 20.5 Å². The zero-order valence-electron chi connectivity index (χ0n) is 18.4. The Balaban J connectivity index is 2.08. The SMILES string of the molecule is CC(C)OC(=O)C1=c2sc(=Cc3ccc(O)cc3)c(=O)n2C(N)=C(C#N)C1c1ccc(O)cc1. The van der Waals surface area contributed by atoms with Gasteiger partial charge in [0.25, 0.3) is 5.56 Å². The molecular formula is C25H21N3O5S. The summed E-state index contributed by atoms with van der Waals surface area (Å²) in [5.74, 6) is -1.49. The van der Waals surface area contributed by atoms with E-state index >= 15 is 0 Å². The largest absolute Gasteiger partial charge is 0.508 e. The third kappa shape index (κ3) is 4.07. The second kappa shape index (κ2) is 8.92. The highest BCUT2D eigenvalue weighted by atomic mass is 32.1. The average Bonchev–Trinajstić information content (AvgIpc) is 3.11. The molecule has 1 aliphatic heterocycles. The molecular weight excluding hydrogens is 454 g/mol. The summed E-state index contributed by atoms with van der Waals surface area (Å²) in [6, 6.07) is 14.4. The van der Waals surface area contributed by atoms with E-state index in [9.17, 15) is 25.1 Å². The van der Waals surface area contributed by atoms with Crippen LogP contribution >= 0.6 is 11.3 Å². The number of esters is 1. The van der Waals surface area contributed by atoms with Crippen molar-refractivity contribution in [3.05, 3.63) is 84.8 Å². The van der Waals surface area contributed by atoms with Crippen molar-refractivity contribution in [1.29, 1.82) is 5.26 Å². The quantitative estimate of drug-likeness (QED) is 0.488. The van der Waals surface area contributed by atoms with E-state index in [0.29, 0.717) is 15.7 Å². The first-order chi connectivity index (χ1) is 16.2. The molecule has 1 aromatic heterocycles. The maximum absolute atomic E-state index is 13.3. The number of hydrogen-bond acceptors (Lipinski definition) is 8. The fourth-order valence-corrected chi connectivity index (χ4v) is 4.91. The lowest BCUT2D eigenvalue weighted by atomic mass is 9.84. The van der Waals surface area contributed by atoms with E-state index in [0.717, 1.165) is 11.3 Å². The Kier molecular flexibility index (Phi) is 6.01. The second-order valence-corrected chi connectivity index (χ2v) is 8.98. The Bertz CT molecular complexity index is 1520. The molecule has 0 fully saturated rings. The molecule has 34 heavy (non-hydrogen) atoms. The van der Waals surface area contributed by atoms with Gasteiger partial charge in [-0.05, 0) is 55.3 Å². The van der Waals surface area contributed by atoms with Gasteiger partial charge in [0.15, 0.2) is 0 Å². The zero-order valence-corrected chi connectivity index (χ0v) is 19.2. The number of carbonyl (C=O) groups excluding carboxylic acids is 1. The van der Waals surface area contributed by atoms with Gasteiger partial charge in [0.2, 0.25) is 0 Å². The first-order valence-corrected chi connectivity index (χ1v) is 11.2. The van der Waals surface area contributed by atoms with Gasteiger partial charge >= 0.3 is 5.97 Å². The van der Waals surface area contributed by atoms with Gasteiger partial charge in [0.05, 0.1) is 33.8 Å². The molecule has 1 unspecified atom stereocenters. The van der Waals surface area contributed by atoms with Crippen LogP contribution in [0.3, 0.4) is 0 Å². The van der Waals surface area contributed by atoms with E-state index in [1.165, 1.54) is 28.8 Å². The predicted octanol–water partition coefficient (Wildman–Crippen LogP) is 1.70. The molecule has 2 heterocycles. The number of thiazole rings is 1. The summed E-state index contributed by atoms with van der Waals surface area (Å²) in [6.45, 7) is 3.41. The number of nitrogens with zero attached hydrogens (tertiary/aromatic N) is 2. The van der Waals surface area contributed by atoms with Gasteiger partial charge < -0.3 is 20.7 Å². The number of nitrogens with two attached hydrogens (primary N) is 1. The van der Waals surface area contributed by atoms with Crippen LogP contribution in [0.25, 0.3) is 17.5 Å². The number of phenolic OH excluding ortho intramolecular Hbond substituents is 2. The Morgan fingerprint density at radius 1 is 1.15 bits per heavy atom. The zero-order chi connectivity index (χ0) is 24.6. The Morgan fingerprint density at radius 2 is 1.74 bits per heavy atom. The van der Waals surface area contributed by atoms with Crippen molar-refractivity contribution in [3.63, 3.8) is 0 Å². The third-order valence-electron chi connectivity index (χ3n) is 5.25. The molecule has 8 nitrogen and oxygen atoms in total. The predicted molar refractivity (Wildman–Crippen MR) is 128 cm³/mol. The van der Waals surface area contributed by atoms with Crippen LogP contribution in [0.1, 0.15) is 30.9 Å². The lowest BCUT2D eigenvalue weighted by Crippen LogP contribution is -2.40. The standard InChI is InChI=1S/C25H21N3O5S/c1-13(2)33-25(32)21-20(15-5-9-17(30)10-6-15)18(12-26)22(27)28-23(31)19(34-24(21)28)11-14-3-7-16(29)8-4-14/h3-11,13,20,29-30H,27H2,1-2H3. The summed E-state index contributed by atoms with van der Waals surface area (Å²) in [5, 5.41) is 29.2. The van der Waals surface area contributed by atoms with Crippen LogP contribution in [0, 0.1) is 11.3 Å². The van der Waals surface area contributed by atoms with Gasteiger partial charge in [0, 0.05) is 0 Å². The Hall–Kier alpha value is -4.29. The molecule has 3 aromatic rings. The van der Waals surface area contributed by atoms with Crippen molar-refractivity contribution < 1.29 is 19.7 Å². The molecule has 0 saturated heterocycles. The Morgan fingerprint density at radius 3 is 2.29 bits per heavy atom. The van der Waals surface area contributed by atoms with E-state index in [2.05, 4.69) is 6.07 Å². The highest BCUT2D eigenvalue weighted by Gasteiger charge is 2.36. The first kappa shape index (κ1) is 22.9. The molecule has 172 valence electrons. The van der Waals surface area contributed by atoms with Crippen molar-refractivity contribution in [3.8, 4) is 17.6 Å². The van der Waals surface area contributed by atoms with E-state index < -0.39 is 23.6 Å². The third-order valence-corrected chi connectivity index (χ3v) is 6.36. The minimum Gasteiger partial charge on any atom is -0.508 e. The lowest BCUT2D eigenvalue weighted by Gasteiger charge is -2.25. The summed E-state index contributed by atoms with van der Waals surface area (Å²) in [7, 11) is 0. The monoisotopic (exact) mass is 475 g/mol. The smallest absolute Gasteiger partial charge is 0.338 e. The van der Waals surface area contributed by atoms with Gasteiger partial charge in [0.1, 0.15) is 22.0 Å². The normalized spacial score (nSPS) is 15.9. The van der Waals surface area contributed by atoms with Crippen molar-refractivity contribution in [2.75, 3.05) is 0 Å². The number of allylic oxidation sites excluding steroid dienone is 1. The number of aromatic hydroxyl groups is 2. The van der Waals surface area contributed by atoms with E-state index in [4.69, 9.17) is 10.5 Å². The summed E-state index contributed by atoms with van der Waals surface area (Å²) in [6.07, 6.45) is 1.19. The highest BCUT2D eigenvalue weighted by molar-refractivity contribution is 7.07. The van der Waals surface area contributed by atoms with Crippen molar-refractivity contribution in [1.82, 2.24) is 4.57 Å². The minimum atomic E-state index is -0.878. The molecule has 0 bridgehead atoms. The summed E-state index contributed by atoms with van der Waals surface area (Å²) < 4.78 is 7.22. The van der Waals surface area contributed by atoms with Gasteiger partial charge in [-0.3, -0.25) is 9.36 Å². The van der Waals surface area contributed by atoms with Crippen molar-refractivity contribution >= 4 is 34.8 Å². The first-order valence-electron chi connectivity index (χ1n) is 10.4. The number of aromatic nitrogens is 1. The second-order valence-electron chi connectivity index (χ2n) is 7.95. The van der Waals surface area contributed by atoms with E-state index in [1.807, 2.05) is 0 Å². The minimum absolute atomic E-state index is 0.0279. The number of benzene rings is 2. The van der Waals surface area contributed by atoms with Crippen LogP contribution in [-0.4, -0.2) is 26.9 Å². The van der Waals surface area contributed by atoms with Crippen LogP contribution in [-0.2, 0) is 9.53 Å². The summed E-state index contributed by atoms with van der Waals surface area (Å²) >= 11 is 1.06. The molecule has 4 rings (SSSR count). The van der Waals surface area contributed by atoms with Crippen molar-refractivity contribution in [2.45, 2.75) is 25.9 Å². The number of carbonyl (C=O) groups is 1. The molecule has 9 heteroatoms. The van der Waals surface area contributed by atoms with Gasteiger partial charge in [-0.25, -0.2) is 4.79 Å². The fraction of sp³-hybridized carbons (Fsp3) is 0.160. The number of fused-ring (bicyclic) bond motifs is 1. The lowest BCUT2D eigenvalue weighted by molar-refractivity contribution is -0.140. The summed E-state index contributed by atoms with van der Waals surface area (Å²) in [4.78, 5) is 26.6. The number of rotatable bonds is 4. The average molecular weight is 476 g/mol. The fourth-order valence-electron chi connectivity index (χ4n) is 3.74. The molecule has 4 N–H and O–H groups in total. The van der Waals surface area contributed by atoms with Crippen LogP contribution in [0.2, 0.25) is 0 Å². The molecule has 1 atom stereocenters. The van der Waals surface area contributed by atoms with Crippen molar-refractivity contribution in [2.24, 2.45) is 5.73 Å². The van der Waals surface area contributed by atoms with Gasteiger partial charge in [-0.15, -0.1) is 11.3 Å². The number of ether oxygens (including phenoxy) is 1. The Labute approximate surface area is 198 Å². The topological polar surface area (TPSA) is 139 Å². The summed E-state index contributed by atoms with van der Waals surface area (Å²) in [5.41, 5.74) is 7.21. The number of nitriles is 1. The highest BCUT2D eigenvalue weighted by Crippen LogP contribution is 2.37. The molecule has 1 aliphatic rings. The van der Waals surface area contributed by atoms with Gasteiger partial charge in [-0.1, -0.05) is 24.3 Å². The number of hydrogen-bond donors (Lipinski definition) is 3. The molecule has 0 spiro atoms. The van der Waals surface area contributed by atoms with Crippen LogP contribution in [0.5, 0.6) is 11.5 Å². The number of phenols is 2.